The van der Waals surface area contributed by atoms with Gasteiger partial charge >= 0.3 is 0 Å². The first-order valence-corrected chi connectivity index (χ1v) is 5.76. The Labute approximate surface area is 94.4 Å². The van der Waals surface area contributed by atoms with Gasteiger partial charge in [-0.05, 0) is 42.5 Å². The molecular weight excluding hydrogens is 208 g/mol. The smallest absolute Gasteiger partial charge is 0.0595 e. The topological polar surface area (TPSA) is 24.9 Å². The van der Waals surface area contributed by atoms with E-state index in [2.05, 4.69) is 16.4 Å². The monoisotopic (exact) mass is 220 g/mol. The van der Waals surface area contributed by atoms with Gasteiger partial charge in [0.25, 0.3) is 0 Å². The molecule has 1 fully saturated rings. The average molecular weight is 221 g/mol. The number of hydrogen-bond acceptors (Lipinski definition) is 2. The number of nitrogens with one attached hydrogen (secondary N) is 1. The molecule has 1 N–H and O–H groups in total. The van der Waals surface area contributed by atoms with Crippen molar-refractivity contribution in [3.8, 4) is 0 Å². The van der Waals surface area contributed by atoms with E-state index in [0.29, 0.717) is 6.04 Å². The summed E-state index contributed by atoms with van der Waals surface area (Å²) in [6.45, 7) is 1.16. The molecule has 1 aromatic heterocycles. The SMILES string of the molecule is Clc1cncc(C2=C[C@@H]3NCC[C@@H]3C2)c1. The minimum atomic E-state index is 0.582. The minimum Gasteiger partial charge on any atom is -0.310 e. The Hall–Kier alpha value is -0.860. The van der Waals surface area contributed by atoms with E-state index in [1.807, 2.05) is 12.3 Å². The Morgan fingerprint density at radius 3 is 3.13 bits per heavy atom. The third-order valence-electron chi connectivity index (χ3n) is 3.34. The van der Waals surface area contributed by atoms with E-state index in [0.717, 1.165) is 17.5 Å². The normalized spacial score (nSPS) is 29.0. The van der Waals surface area contributed by atoms with Crippen molar-refractivity contribution < 1.29 is 0 Å². The lowest BCUT2D eigenvalue weighted by molar-refractivity contribution is 0.553. The molecular formula is C12H13ClN2. The van der Waals surface area contributed by atoms with Gasteiger partial charge < -0.3 is 5.32 Å². The van der Waals surface area contributed by atoms with E-state index in [-0.39, 0.29) is 0 Å². The van der Waals surface area contributed by atoms with Crippen LogP contribution in [0, 0.1) is 5.92 Å². The van der Waals surface area contributed by atoms with Gasteiger partial charge in [0.05, 0.1) is 5.02 Å². The Kier molecular flexibility index (Phi) is 2.26. The van der Waals surface area contributed by atoms with Crippen LogP contribution in [0.2, 0.25) is 5.02 Å². The maximum Gasteiger partial charge on any atom is 0.0595 e. The van der Waals surface area contributed by atoms with Gasteiger partial charge in [0.15, 0.2) is 0 Å². The molecule has 1 aliphatic heterocycles. The summed E-state index contributed by atoms with van der Waals surface area (Å²) in [5.74, 6) is 0.791. The van der Waals surface area contributed by atoms with Crippen molar-refractivity contribution in [2.24, 2.45) is 5.92 Å². The fourth-order valence-corrected chi connectivity index (χ4v) is 2.75. The second-order valence-corrected chi connectivity index (χ2v) is 4.75. The summed E-state index contributed by atoms with van der Waals surface area (Å²) in [6, 6.07) is 2.58. The lowest BCUT2D eigenvalue weighted by Crippen LogP contribution is -2.20. The zero-order valence-electron chi connectivity index (χ0n) is 8.41. The molecule has 0 radical (unpaired) electrons. The predicted molar refractivity (Wildman–Crippen MR) is 61.7 cm³/mol. The highest BCUT2D eigenvalue weighted by atomic mass is 35.5. The number of hydrogen-bond donors (Lipinski definition) is 1. The van der Waals surface area contributed by atoms with Gasteiger partial charge in [-0.15, -0.1) is 0 Å². The van der Waals surface area contributed by atoms with Crippen LogP contribution in [0.1, 0.15) is 18.4 Å². The molecule has 0 unspecified atom stereocenters. The summed E-state index contributed by atoms with van der Waals surface area (Å²) >= 11 is 5.94. The second-order valence-electron chi connectivity index (χ2n) is 4.32. The quantitative estimate of drug-likeness (QED) is 0.787. The van der Waals surface area contributed by atoms with Crippen LogP contribution < -0.4 is 5.32 Å². The summed E-state index contributed by atoms with van der Waals surface area (Å²) in [6.07, 6.45) is 8.38. The fourth-order valence-electron chi connectivity index (χ4n) is 2.57. The Bertz CT molecular complexity index is 414. The Balaban J connectivity index is 1.90. The van der Waals surface area contributed by atoms with E-state index in [9.17, 15) is 0 Å². The summed E-state index contributed by atoms with van der Waals surface area (Å²) in [4.78, 5) is 4.13. The molecule has 1 aromatic rings. The van der Waals surface area contributed by atoms with Crippen LogP contribution in [0.5, 0.6) is 0 Å². The summed E-state index contributed by atoms with van der Waals surface area (Å²) in [5, 5.41) is 4.22. The van der Waals surface area contributed by atoms with E-state index >= 15 is 0 Å². The van der Waals surface area contributed by atoms with Crippen molar-refractivity contribution in [2.75, 3.05) is 6.54 Å². The van der Waals surface area contributed by atoms with Gasteiger partial charge in [0.2, 0.25) is 0 Å². The third-order valence-corrected chi connectivity index (χ3v) is 3.55. The number of rotatable bonds is 1. The molecule has 3 heteroatoms. The van der Waals surface area contributed by atoms with Crippen molar-refractivity contribution in [3.63, 3.8) is 0 Å². The molecule has 0 bridgehead atoms. The zero-order chi connectivity index (χ0) is 10.3. The first-order chi connectivity index (χ1) is 7.33. The van der Waals surface area contributed by atoms with Crippen molar-refractivity contribution in [2.45, 2.75) is 18.9 Å². The van der Waals surface area contributed by atoms with Crippen molar-refractivity contribution in [1.29, 1.82) is 0 Å². The summed E-state index contributed by atoms with van der Waals surface area (Å²) in [7, 11) is 0. The summed E-state index contributed by atoms with van der Waals surface area (Å²) in [5.41, 5.74) is 2.57. The molecule has 2 heterocycles. The lowest BCUT2D eigenvalue weighted by Gasteiger charge is -2.06. The van der Waals surface area contributed by atoms with Gasteiger partial charge in [-0.25, -0.2) is 0 Å². The molecule has 0 amide bonds. The third kappa shape index (κ3) is 1.68. The highest BCUT2D eigenvalue weighted by Gasteiger charge is 2.31. The molecule has 0 spiro atoms. The lowest BCUT2D eigenvalue weighted by atomic mass is 10.00. The van der Waals surface area contributed by atoms with Gasteiger partial charge in [0.1, 0.15) is 0 Å². The maximum atomic E-state index is 5.94. The number of allylic oxidation sites excluding steroid dienone is 1. The molecule has 2 atom stereocenters. The summed E-state index contributed by atoms with van der Waals surface area (Å²) < 4.78 is 0. The van der Waals surface area contributed by atoms with Gasteiger partial charge in [0, 0.05) is 18.4 Å². The van der Waals surface area contributed by atoms with E-state index in [1.54, 1.807) is 6.20 Å². The largest absolute Gasteiger partial charge is 0.310 e. The second kappa shape index (κ2) is 3.62. The molecule has 1 saturated heterocycles. The Morgan fingerprint density at radius 1 is 1.40 bits per heavy atom. The van der Waals surface area contributed by atoms with Crippen LogP contribution in [0.3, 0.4) is 0 Å². The van der Waals surface area contributed by atoms with Crippen molar-refractivity contribution in [3.05, 3.63) is 35.1 Å². The molecule has 0 saturated carbocycles. The number of nitrogens with zero attached hydrogens (tertiary/aromatic N) is 1. The minimum absolute atomic E-state index is 0.582. The number of pyridine rings is 1. The maximum absolute atomic E-state index is 5.94. The van der Waals surface area contributed by atoms with Crippen LogP contribution in [0.4, 0.5) is 0 Å². The van der Waals surface area contributed by atoms with Gasteiger partial charge in [-0.3, -0.25) is 4.98 Å². The fraction of sp³-hybridized carbons (Fsp3) is 0.417. The molecule has 3 rings (SSSR count). The van der Waals surface area contributed by atoms with E-state index in [4.69, 9.17) is 11.6 Å². The molecule has 15 heavy (non-hydrogen) atoms. The highest BCUT2D eigenvalue weighted by molar-refractivity contribution is 6.30. The van der Waals surface area contributed by atoms with Crippen molar-refractivity contribution in [1.82, 2.24) is 10.3 Å². The van der Waals surface area contributed by atoms with Crippen LogP contribution in [-0.4, -0.2) is 17.6 Å². The first-order valence-electron chi connectivity index (χ1n) is 5.38. The zero-order valence-corrected chi connectivity index (χ0v) is 9.17. The standard InChI is InChI=1S/C12H13ClN2/c13-11-4-10(6-14-7-11)9-3-8-1-2-15-12(8)5-9/h4-8,12,15H,1-3H2/t8-,12+/m1/s1. The van der Waals surface area contributed by atoms with Crippen LogP contribution in [0.25, 0.3) is 5.57 Å². The van der Waals surface area contributed by atoms with Crippen LogP contribution in [0.15, 0.2) is 24.5 Å². The molecule has 1 aliphatic carbocycles. The van der Waals surface area contributed by atoms with E-state index in [1.165, 1.54) is 24.0 Å². The number of aromatic nitrogens is 1. The average Bonchev–Trinajstić information content (AvgIpc) is 2.76. The van der Waals surface area contributed by atoms with Gasteiger partial charge in [-0.1, -0.05) is 17.7 Å². The van der Waals surface area contributed by atoms with E-state index < -0.39 is 0 Å². The predicted octanol–water partition coefficient (Wildman–Crippen LogP) is 2.50. The molecule has 0 aromatic carbocycles. The highest BCUT2D eigenvalue weighted by Crippen LogP contribution is 2.36. The van der Waals surface area contributed by atoms with Gasteiger partial charge in [-0.2, -0.15) is 0 Å². The van der Waals surface area contributed by atoms with Crippen LogP contribution >= 0.6 is 11.6 Å². The molecule has 2 aliphatic rings. The van der Waals surface area contributed by atoms with Crippen molar-refractivity contribution >= 4 is 17.2 Å². The van der Waals surface area contributed by atoms with Crippen LogP contribution in [-0.2, 0) is 0 Å². The number of halogens is 1. The number of fused-ring (bicyclic) bond motifs is 1. The molecule has 2 nitrogen and oxygen atoms in total. The Morgan fingerprint density at radius 2 is 2.33 bits per heavy atom. The molecule has 78 valence electrons. The first kappa shape index (κ1) is 9.37.